The molecule has 0 radical (unpaired) electrons. The number of thiazole rings is 1. The molecule has 2 aromatic carbocycles. The van der Waals surface area contributed by atoms with Crippen LogP contribution in [-0.4, -0.2) is 26.4 Å². The topological polar surface area (TPSA) is 59.8 Å². The molecule has 0 aliphatic heterocycles. The fraction of sp³-hybridized carbons (Fsp3) is 0.261. The van der Waals surface area contributed by atoms with Crippen molar-refractivity contribution in [2.75, 3.05) is 11.1 Å². The maximum Gasteiger partial charge on any atom is 0.225 e. The molecule has 0 unspecified atom stereocenters. The fourth-order valence-electron chi connectivity index (χ4n) is 3.74. The quantitative estimate of drug-likeness (QED) is 0.309. The number of rotatable bonds is 7. The van der Waals surface area contributed by atoms with Gasteiger partial charge in [-0.1, -0.05) is 41.7 Å². The molecule has 2 aromatic heterocycles. The monoisotopic (exact) mass is 434 g/mol. The average molecular weight is 435 g/mol. The lowest BCUT2D eigenvalue weighted by molar-refractivity contribution is -0.116. The number of benzene rings is 2. The number of para-hydroxylation sites is 1. The van der Waals surface area contributed by atoms with Crippen LogP contribution in [0.3, 0.4) is 0 Å². The number of nitrogens with one attached hydrogen (secondary N) is 1. The number of thioether (sulfide) groups is 1. The van der Waals surface area contributed by atoms with Crippen LogP contribution in [0.1, 0.15) is 30.5 Å². The number of aromatic nitrogens is 3. The maximum absolute atomic E-state index is 12.7. The van der Waals surface area contributed by atoms with Crippen LogP contribution in [0.5, 0.6) is 0 Å². The molecule has 152 valence electrons. The number of hydrogen-bond acceptors (Lipinski definition) is 5. The molecule has 1 aliphatic rings. The number of carbonyl (C=O) groups is 1. The predicted molar refractivity (Wildman–Crippen MR) is 124 cm³/mol. The summed E-state index contributed by atoms with van der Waals surface area (Å²) < 4.78 is 2.96. The lowest BCUT2D eigenvalue weighted by Crippen LogP contribution is -2.16. The Balaban J connectivity index is 1.29. The number of aryl methyl sites for hydroxylation is 1. The molecular weight excluding hydrogens is 412 g/mol. The highest BCUT2D eigenvalue weighted by Gasteiger charge is 2.25. The van der Waals surface area contributed by atoms with Crippen molar-refractivity contribution in [1.82, 2.24) is 14.8 Å². The molecule has 1 amide bonds. The van der Waals surface area contributed by atoms with Crippen LogP contribution in [0.2, 0.25) is 0 Å². The van der Waals surface area contributed by atoms with Crippen molar-refractivity contribution >= 4 is 45.0 Å². The maximum atomic E-state index is 12.7. The van der Waals surface area contributed by atoms with Crippen molar-refractivity contribution in [3.8, 4) is 5.13 Å². The SMILES string of the molecule is O=C(CCCSc1ccccc1)Nc1c2c(nn1-c1nc3ccccc3s1)CCC2. The molecular formula is C23H22N4OS2. The van der Waals surface area contributed by atoms with E-state index < -0.39 is 0 Å². The molecule has 0 bridgehead atoms. The van der Waals surface area contributed by atoms with Gasteiger partial charge in [-0.25, -0.2) is 4.98 Å². The van der Waals surface area contributed by atoms with Gasteiger partial charge in [-0.15, -0.1) is 11.8 Å². The van der Waals surface area contributed by atoms with Gasteiger partial charge in [0.05, 0.1) is 15.9 Å². The predicted octanol–water partition coefficient (Wildman–Crippen LogP) is 5.48. The van der Waals surface area contributed by atoms with Crippen molar-refractivity contribution < 1.29 is 4.79 Å². The Bertz CT molecular complexity index is 1150. The summed E-state index contributed by atoms with van der Waals surface area (Å²) in [4.78, 5) is 18.7. The van der Waals surface area contributed by atoms with E-state index in [0.717, 1.165) is 58.3 Å². The van der Waals surface area contributed by atoms with Gasteiger partial charge < -0.3 is 5.32 Å². The minimum Gasteiger partial charge on any atom is -0.310 e. The second-order valence-corrected chi connectivity index (χ2v) is 9.49. The van der Waals surface area contributed by atoms with Crippen LogP contribution in [0, 0.1) is 0 Å². The van der Waals surface area contributed by atoms with Crippen molar-refractivity contribution in [3.63, 3.8) is 0 Å². The average Bonchev–Trinajstić information content (AvgIpc) is 3.47. The highest BCUT2D eigenvalue weighted by Crippen LogP contribution is 2.33. The highest BCUT2D eigenvalue weighted by molar-refractivity contribution is 7.99. The molecule has 5 nitrogen and oxygen atoms in total. The molecule has 0 atom stereocenters. The molecule has 0 spiro atoms. The second-order valence-electron chi connectivity index (χ2n) is 7.32. The minimum atomic E-state index is 0.0422. The van der Waals surface area contributed by atoms with Gasteiger partial charge >= 0.3 is 0 Å². The molecule has 4 aromatic rings. The molecule has 0 saturated carbocycles. The number of hydrogen-bond donors (Lipinski definition) is 1. The third-order valence-electron chi connectivity index (χ3n) is 5.19. The molecule has 1 aliphatic carbocycles. The second kappa shape index (κ2) is 8.62. The summed E-state index contributed by atoms with van der Waals surface area (Å²) in [7, 11) is 0. The summed E-state index contributed by atoms with van der Waals surface area (Å²) in [6.07, 6.45) is 4.35. The lowest BCUT2D eigenvalue weighted by Gasteiger charge is -2.09. The van der Waals surface area contributed by atoms with E-state index in [0.29, 0.717) is 6.42 Å². The van der Waals surface area contributed by atoms with E-state index in [9.17, 15) is 4.79 Å². The van der Waals surface area contributed by atoms with Gasteiger partial charge in [0.15, 0.2) is 0 Å². The molecule has 30 heavy (non-hydrogen) atoms. The molecule has 2 heterocycles. The van der Waals surface area contributed by atoms with Crippen LogP contribution in [0.4, 0.5) is 5.82 Å². The first-order valence-electron chi connectivity index (χ1n) is 10.2. The van der Waals surface area contributed by atoms with Crippen LogP contribution < -0.4 is 5.32 Å². The van der Waals surface area contributed by atoms with E-state index >= 15 is 0 Å². The van der Waals surface area contributed by atoms with E-state index in [1.807, 2.05) is 41.1 Å². The van der Waals surface area contributed by atoms with Gasteiger partial charge in [0.2, 0.25) is 11.0 Å². The largest absolute Gasteiger partial charge is 0.310 e. The summed E-state index contributed by atoms with van der Waals surface area (Å²) >= 11 is 3.39. The Hall–Kier alpha value is -2.64. The van der Waals surface area contributed by atoms with E-state index in [-0.39, 0.29) is 5.91 Å². The van der Waals surface area contributed by atoms with Gasteiger partial charge in [-0.2, -0.15) is 9.78 Å². The van der Waals surface area contributed by atoms with Crippen molar-refractivity contribution in [2.24, 2.45) is 0 Å². The molecule has 0 fully saturated rings. The summed E-state index contributed by atoms with van der Waals surface area (Å²) in [6.45, 7) is 0. The zero-order chi connectivity index (χ0) is 20.3. The van der Waals surface area contributed by atoms with E-state index in [1.54, 1.807) is 23.1 Å². The number of fused-ring (bicyclic) bond motifs is 2. The Morgan fingerprint density at radius 2 is 1.93 bits per heavy atom. The van der Waals surface area contributed by atoms with Crippen LogP contribution in [-0.2, 0) is 17.6 Å². The standard InChI is InChI=1S/C23H22N4OS2/c28-21(14-7-15-29-16-8-2-1-3-9-16)25-22-17-10-6-12-18(17)26-27(22)23-24-19-11-4-5-13-20(19)30-23/h1-5,8-9,11,13H,6-7,10,12,14-15H2,(H,25,28). The van der Waals surface area contributed by atoms with Gasteiger partial charge in [-0.05, 0) is 55.7 Å². The summed E-state index contributed by atoms with van der Waals surface area (Å²) in [5, 5.41) is 8.75. The fourth-order valence-corrected chi connectivity index (χ4v) is 5.54. The van der Waals surface area contributed by atoms with Crippen LogP contribution in [0.15, 0.2) is 59.5 Å². The van der Waals surface area contributed by atoms with Crippen LogP contribution >= 0.6 is 23.1 Å². The van der Waals surface area contributed by atoms with Crippen molar-refractivity contribution in [2.45, 2.75) is 37.0 Å². The van der Waals surface area contributed by atoms with Gasteiger partial charge in [-0.3, -0.25) is 4.79 Å². The van der Waals surface area contributed by atoms with Gasteiger partial charge in [0.1, 0.15) is 5.82 Å². The molecule has 1 N–H and O–H groups in total. The first kappa shape index (κ1) is 19.3. The summed E-state index contributed by atoms with van der Waals surface area (Å²) in [5.41, 5.74) is 3.22. The molecule has 0 saturated heterocycles. The zero-order valence-electron chi connectivity index (χ0n) is 16.5. The van der Waals surface area contributed by atoms with E-state index in [2.05, 4.69) is 23.5 Å². The molecule has 7 heteroatoms. The summed E-state index contributed by atoms with van der Waals surface area (Å²) in [6, 6.07) is 18.4. The smallest absolute Gasteiger partial charge is 0.225 e. The first-order valence-corrected chi connectivity index (χ1v) is 12.0. The van der Waals surface area contributed by atoms with Crippen molar-refractivity contribution in [1.29, 1.82) is 0 Å². The Morgan fingerprint density at radius 3 is 2.80 bits per heavy atom. The third kappa shape index (κ3) is 4.00. The Kier molecular flexibility index (Phi) is 5.55. The number of carbonyl (C=O) groups excluding carboxylic acids is 1. The van der Waals surface area contributed by atoms with E-state index in [1.165, 1.54) is 10.5 Å². The molecule has 5 rings (SSSR count). The first-order chi connectivity index (χ1) is 14.8. The van der Waals surface area contributed by atoms with Gasteiger partial charge in [0.25, 0.3) is 0 Å². The Labute approximate surface area is 183 Å². The van der Waals surface area contributed by atoms with Gasteiger partial charge in [0, 0.05) is 16.9 Å². The lowest BCUT2D eigenvalue weighted by atomic mass is 10.2. The zero-order valence-corrected chi connectivity index (χ0v) is 18.1. The van der Waals surface area contributed by atoms with E-state index in [4.69, 9.17) is 10.1 Å². The van der Waals surface area contributed by atoms with Crippen LogP contribution in [0.25, 0.3) is 15.3 Å². The Morgan fingerprint density at radius 1 is 1.10 bits per heavy atom. The number of nitrogens with zero attached hydrogens (tertiary/aromatic N) is 3. The normalized spacial score (nSPS) is 12.9. The third-order valence-corrected chi connectivity index (χ3v) is 7.30. The minimum absolute atomic E-state index is 0.0422. The highest BCUT2D eigenvalue weighted by atomic mass is 32.2. The number of anilines is 1. The summed E-state index contributed by atoms with van der Waals surface area (Å²) in [5.74, 6) is 1.77. The van der Waals surface area contributed by atoms with Crippen molar-refractivity contribution in [3.05, 3.63) is 65.9 Å². The number of amides is 1.